The van der Waals surface area contributed by atoms with Crippen molar-refractivity contribution in [2.24, 2.45) is 10.7 Å². The predicted octanol–water partition coefficient (Wildman–Crippen LogP) is 3.46. The van der Waals surface area contributed by atoms with Crippen molar-refractivity contribution in [2.45, 2.75) is 44.9 Å². The molecule has 0 unspecified atom stereocenters. The summed E-state index contributed by atoms with van der Waals surface area (Å²) >= 11 is 0. The van der Waals surface area contributed by atoms with E-state index in [0.717, 1.165) is 51.2 Å². The molecule has 1 aliphatic rings. The Morgan fingerprint density at radius 3 is 2.52 bits per heavy atom. The number of benzene rings is 1. The first-order valence-corrected chi connectivity index (χ1v) is 9.05. The highest BCUT2D eigenvalue weighted by molar-refractivity contribution is 14.0. The van der Waals surface area contributed by atoms with E-state index >= 15 is 0 Å². The van der Waals surface area contributed by atoms with Crippen LogP contribution in [0.3, 0.4) is 0 Å². The van der Waals surface area contributed by atoms with E-state index in [2.05, 4.69) is 29.4 Å². The molecule has 25 heavy (non-hydrogen) atoms. The van der Waals surface area contributed by atoms with E-state index in [1.165, 1.54) is 5.56 Å². The molecule has 3 N–H and O–H groups in total. The van der Waals surface area contributed by atoms with Gasteiger partial charge in [-0.05, 0) is 43.9 Å². The zero-order chi connectivity index (χ0) is 17.3. The predicted molar refractivity (Wildman–Crippen MR) is 114 cm³/mol. The molecule has 0 amide bonds. The van der Waals surface area contributed by atoms with Gasteiger partial charge in [0.1, 0.15) is 5.75 Å². The molecule has 0 spiro atoms. The van der Waals surface area contributed by atoms with Crippen molar-refractivity contribution < 1.29 is 9.47 Å². The van der Waals surface area contributed by atoms with Crippen LogP contribution in [0.2, 0.25) is 0 Å². The highest BCUT2D eigenvalue weighted by Gasteiger charge is 2.34. The molecule has 5 nitrogen and oxygen atoms in total. The van der Waals surface area contributed by atoms with E-state index in [1.54, 1.807) is 0 Å². The minimum absolute atomic E-state index is 0. The third kappa shape index (κ3) is 6.66. The minimum atomic E-state index is 0. The maximum atomic E-state index is 6.02. The van der Waals surface area contributed by atoms with Gasteiger partial charge < -0.3 is 20.5 Å². The Labute approximate surface area is 168 Å². The monoisotopic (exact) mass is 461 g/mol. The Morgan fingerprint density at radius 2 is 1.92 bits per heavy atom. The quantitative estimate of drug-likeness (QED) is 0.269. The van der Waals surface area contributed by atoms with Gasteiger partial charge in [-0.1, -0.05) is 25.5 Å². The van der Waals surface area contributed by atoms with Crippen LogP contribution >= 0.6 is 24.0 Å². The molecule has 1 aromatic carbocycles. The number of rotatable bonds is 8. The molecule has 0 aromatic heterocycles. The Kier molecular flexibility index (Phi) is 10.2. The number of ether oxygens (including phenoxy) is 2. The van der Waals surface area contributed by atoms with Crippen LogP contribution in [-0.2, 0) is 10.2 Å². The fraction of sp³-hybridized carbons (Fsp3) is 0.632. The topological polar surface area (TPSA) is 68.9 Å². The molecule has 6 heteroatoms. The molecule has 1 aromatic rings. The molecule has 0 radical (unpaired) electrons. The fourth-order valence-electron chi connectivity index (χ4n) is 3.06. The van der Waals surface area contributed by atoms with Gasteiger partial charge in [-0.25, -0.2) is 0 Å². The number of hydrogen-bond donors (Lipinski definition) is 2. The number of nitrogens with one attached hydrogen (secondary N) is 1. The lowest BCUT2D eigenvalue weighted by atomic mass is 9.74. The third-order valence-corrected chi connectivity index (χ3v) is 4.62. The molecular formula is C19H32IN3O2. The molecule has 1 fully saturated rings. The van der Waals surface area contributed by atoms with Gasteiger partial charge >= 0.3 is 0 Å². The van der Waals surface area contributed by atoms with E-state index in [9.17, 15) is 0 Å². The van der Waals surface area contributed by atoms with Crippen LogP contribution in [0.1, 0.15) is 45.1 Å². The maximum Gasteiger partial charge on any atom is 0.188 e. The summed E-state index contributed by atoms with van der Waals surface area (Å²) < 4.78 is 11.1. The van der Waals surface area contributed by atoms with Gasteiger partial charge in [-0.3, -0.25) is 4.99 Å². The largest absolute Gasteiger partial charge is 0.494 e. The average Bonchev–Trinajstić information content (AvgIpc) is 2.62. The number of unbranched alkanes of at least 4 members (excludes halogenated alkanes) is 1. The number of nitrogens with two attached hydrogens (primary N) is 1. The Balaban J connectivity index is 0.00000312. The van der Waals surface area contributed by atoms with Gasteiger partial charge in [0.05, 0.1) is 13.2 Å². The minimum Gasteiger partial charge on any atom is -0.494 e. The first kappa shape index (κ1) is 22.0. The lowest BCUT2D eigenvalue weighted by Crippen LogP contribution is -2.39. The van der Waals surface area contributed by atoms with Crippen molar-refractivity contribution in [3.8, 4) is 5.75 Å². The van der Waals surface area contributed by atoms with Gasteiger partial charge in [0.15, 0.2) is 5.96 Å². The number of guanidine groups is 1. The summed E-state index contributed by atoms with van der Waals surface area (Å²) in [5.74, 6) is 1.45. The maximum absolute atomic E-state index is 6.02. The molecule has 2 rings (SSSR count). The summed E-state index contributed by atoms with van der Waals surface area (Å²) in [6.07, 6.45) is 4.18. The average molecular weight is 461 g/mol. The molecule has 0 bridgehead atoms. The standard InChI is InChI=1S/C19H31N3O2.HI/c1-3-5-12-21-18(20)22-15-19(10-13-23-14-11-19)16-6-8-17(9-7-16)24-4-2;/h6-9H,3-5,10-15H2,1-2H3,(H3,20,21,22);1H. The van der Waals surface area contributed by atoms with Crippen molar-refractivity contribution in [3.63, 3.8) is 0 Å². The second kappa shape index (κ2) is 11.6. The van der Waals surface area contributed by atoms with Crippen LogP contribution in [0.25, 0.3) is 0 Å². The number of aliphatic imine (C=N–C) groups is 1. The van der Waals surface area contributed by atoms with E-state index in [-0.39, 0.29) is 29.4 Å². The Bertz CT molecular complexity index is 514. The van der Waals surface area contributed by atoms with E-state index in [1.807, 2.05) is 19.1 Å². The first-order valence-electron chi connectivity index (χ1n) is 9.05. The van der Waals surface area contributed by atoms with Crippen LogP contribution in [0.4, 0.5) is 0 Å². The molecule has 0 aliphatic carbocycles. The van der Waals surface area contributed by atoms with Crippen molar-refractivity contribution in [2.75, 3.05) is 32.9 Å². The van der Waals surface area contributed by atoms with Crippen LogP contribution in [0, 0.1) is 0 Å². The lowest BCUT2D eigenvalue weighted by Gasteiger charge is -2.36. The van der Waals surface area contributed by atoms with Crippen molar-refractivity contribution in [3.05, 3.63) is 29.8 Å². The van der Waals surface area contributed by atoms with Gasteiger partial charge in [0, 0.05) is 25.2 Å². The Hall–Kier alpha value is -1.02. The van der Waals surface area contributed by atoms with Crippen LogP contribution in [0.5, 0.6) is 5.75 Å². The molecule has 1 aliphatic heterocycles. The number of halogens is 1. The third-order valence-electron chi connectivity index (χ3n) is 4.62. The summed E-state index contributed by atoms with van der Waals surface area (Å²) in [6.45, 7) is 7.95. The van der Waals surface area contributed by atoms with Crippen LogP contribution in [0.15, 0.2) is 29.3 Å². The number of nitrogens with zero attached hydrogens (tertiary/aromatic N) is 1. The lowest BCUT2D eigenvalue weighted by molar-refractivity contribution is 0.0531. The van der Waals surface area contributed by atoms with Crippen molar-refractivity contribution >= 4 is 29.9 Å². The summed E-state index contributed by atoms with van der Waals surface area (Å²) in [6, 6.07) is 8.41. The summed E-state index contributed by atoms with van der Waals surface area (Å²) in [4.78, 5) is 4.62. The van der Waals surface area contributed by atoms with Gasteiger partial charge in [-0.2, -0.15) is 0 Å². The zero-order valence-corrected chi connectivity index (χ0v) is 17.8. The molecule has 0 saturated carbocycles. The van der Waals surface area contributed by atoms with Crippen molar-refractivity contribution in [1.29, 1.82) is 0 Å². The molecule has 1 heterocycles. The van der Waals surface area contributed by atoms with E-state index < -0.39 is 0 Å². The summed E-state index contributed by atoms with van der Waals surface area (Å²) in [5, 5.41) is 3.19. The molecule has 0 atom stereocenters. The van der Waals surface area contributed by atoms with Gasteiger partial charge in [0.25, 0.3) is 0 Å². The normalized spacial score (nSPS) is 16.8. The highest BCUT2D eigenvalue weighted by Crippen LogP contribution is 2.36. The zero-order valence-electron chi connectivity index (χ0n) is 15.4. The molecule has 1 saturated heterocycles. The van der Waals surface area contributed by atoms with Gasteiger partial charge in [-0.15, -0.1) is 24.0 Å². The van der Waals surface area contributed by atoms with E-state index in [4.69, 9.17) is 15.2 Å². The second-order valence-corrected chi connectivity index (χ2v) is 6.33. The SMILES string of the molecule is CCCCNC(N)=NCC1(c2ccc(OCC)cc2)CCOCC1.I. The molecular weight excluding hydrogens is 429 g/mol. The first-order chi connectivity index (χ1) is 11.7. The highest BCUT2D eigenvalue weighted by atomic mass is 127. The van der Waals surface area contributed by atoms with Crippen molar-refractivity contribution in [1.82, 2.24) is 5.32 Å². The fourth-order valence-corrected chi connectivity index (χ4v) is 3.06. The van der Waals surface area contributed by atoms with Crippen LogP contribution in [-0.4, -0.2) is 38.9 Å². The Morgan fingerprint density at radius 1 is 1.24 bits per heavy atom. The second-order valence-electron chi connectivity index (χ2n) is 6.33. The summed E-state index contributed by atoms with van der Waals surface area (Å²) in [7, 11) is 0. The molecule has 142 valence electrons. The van der Waals surface area contributed by atoms with E-state index in [0.29, 0.717) is 19.1 Å². The number of hydrogen-bond acceptors (Lipinski definition) is 3. The van der Waals surface area contributed by atoms with Crippen LogP contribution < -0.4 is 15.8 Å². The van der Waals surface area contributed by atoms with Gasteiger partial charge in [0.2, 0.25) is 0 Å². The smallest absolute Gasteiger partial charge is 0.188 e. The summed E-state index contributed by atoms with van der Waals surface area (Å²) in [5.41, 5.74) is 7.31.